The van der Waals surface area contributed by atoms with E-state index >= 15 is 0 Å². The van der Waals surface area contributed by atoms with Crippen LogP contribution in [-0.4, -0.2) is 33.4 Å². The Morgan fingerprint density at radius 3 is 2.38 bits per heavy atom. The molecule has 0 spiro atoms. The third-order valence-electron chi connectivity index (χ3n) is 5.69. The van der Waals surface area contributed by atoms with Crippen molar-refractivity contribution in [3.63, 3.8) is 0 Å². The van der Waals surface area contributed by atoms with Crippen molar-refractivity contribution in [2.45, 2.75) is 83.7 Å². The molecule has 132 valence electrons. The summed E-state index contributed by atoms with van der Waals surface area (Å²) in [4.78, 5) is 25.9. The minimum atomic E-state index is -0.706. The summed E-state index contributed by atoms with van der Waals surface area (Å²) in [5.74, 6) is 0.0391. The Hall–Kier alpha value is -1.58. The fraction of sp³-hybridized carbons (Fsp3) is 0.700. The van der Waals surface area contributed by atoms with Crippen LogP contribution in [0.15, 0.2) is 23.8 Å². The lowest BCUT2D eigenvalue weighted by Crippen LogP contribution is -2.79. The molecular formula is C20H30N2O2. The second kappa shape index (κ2) is 6.73. The number of rotatable bonds is 2. The van der Waals surface area contributed by atoms with Crippen LogP contribution in [0.1, 0.15) is 72.1 Å². The third kappa shape index (κ3) is 3.03. The van der Waals surface area contributed by atoms with Gasteiger partial charge in [0.25, 0.3) is 5.91 Å². The Bertz CT molecular complexity index is 568. The predicted octanol–water partition coefficient (Wildman–Crippen LogP) is 3.99. The lowest BCUT2D eigenvalue weighted by Gasteiger charge is -2.58. The van der Waals surface area contributed by atoms with Crippen molar-refractivity contribution in [3.8, 4) is 0 Å². The number of carbonyl (C=O) groups is 2. The molecule has 3 rings (SSSR count). The van der Waals surface area contributed by atoms with E-state index in [-0.39, 0.29) is 23.8 Å². The van der Waals surface area contributed by atoms with E-state index in [9.17, 15) is 9.59 Å². The molecule has 2 fully saturated rings. The van der Waals surface area contributed by atoms with Crippen LogP contribution in [0, 0.1) is 5.92 Å². The molecule has 0 radical (unpaired) electrons. The molecule has 4 heteroatoms. The number of hydrogen-bond donors (Lipinski definition) is 0. The molecule has 0 aromatic heterocycles. The van der Waals surface area contributed by atoms with Crippen molar-refractivity contribution >= 4 is 11.8 Å². The summed E-state index contributed by atoms with van der Waals surface area (Å²) in [6.07, 6.45) is 14.9. The van der Waals surface area contributed by atoms with Gasteiger partial charge in [-0.15, -0.1) is 0 Å². The predicted molar refractivity (Wildman–Crippen MR) is 94.9 cm³/mol. The van der Waals surface area contributed by atoms with Gasteiger partial charge in [-0.25, -0.2) is 10.0 Å². The van der Waals surface area contributed by atoms with E-state index in [2.05, 4.69) is 13.0 Å². The molecule has 4 nitrogen and oxygen atoms in total. The topological polar surface area (TPSA) is 40.6 Å². The van der Waals surface area contributed by atoms with Gasteiger partial charge in [0, 0.05) is 0 Å². The van der Waals surface area contributed by atoms with Crippen LogP contribution in [-0.2, 0) is 9.59 Å². The van der Waals surface area contributed by atoms with Crippen molar-refractivity contribution in [1.82, 2.24) is 10.0 Å². The molecule has 1 saturated heterocycles. The summed E-state index contributed by atoms with van der Waals surface area (Å²) < 4.78 is 0. The van der Waals surface area contributed by atoms with E-state index in [1.165, 1.54) is 24.8 Å². The maximum Gasteiger partial charge on any atom is 0.268 e. The molecule has 1 saturated carbocycles. The first kappa shape index (κ1) is 17.2. The largest absolute Gasteiger partial charge is 0.272 e. The number of hydrazine groups is 1. The average Bonchev–Trinajstić information content (AvgIpc) is 2.52. The number of allylic oxidation sites excluding steroid dienone is 3. The van der Waals surface area contributed by atoms with E-state index in [1.54, 1.807) is 10.0 Å². The van der Waals surface area contributed by atoms with E-state index in [0.29, 0.717) is 0 Å². The molecular weight excluding hydrogens is 300 g/mol. The quantitative estimate of drug-likeness (QED) is 0.768. The van der Waals surface area contributed by atoms with Gasteiger partial charge in [0.1, 0.15) is 5.54 Å². The van der Waals surface area contributed by atoms with Gasteiger partial charge in [0.05, 0.1) is 12.0 Å². The molecule has 24 heavy (non-hydrogen) atoms. The SMILES string of the molecule is CC1=CC=CC(C(=O)N2N(C3CCCCCCC3)C(=O)C2(C)C)C1. The van der Waals surface area contributed by atoms with E-state index < -0.39 is 5.54 Å². The molecule has 0 aromatic carbocycles. The fourth-order valence-electron chi connectivity index (χ4n) is 4.24. The van der Waals surface area contributed by atoms with Crippen molar-refractivity contribution in [2.24, 2.45) is 5.92 Å². The van der Waals surface area contributed by atoms with Crippen LogP contribution in [0.25, 0.3) is 0 Å². The highest BCUT2D eigenvalue weighted by molar-refractivity contribution is 5.99. The van der Waals surface area contributed by atoms with Crippen LogP contribution in [0.2, 0.25) is 0 Å². The summed E-state index contributed by atoms with van der Waals surface area (Å²) >= 11 is 0. The Morgan fingerprint density at radius 1 is 1.12 bits per heavy atom. The summed E-state index contributed by atoms with van der Waals surface area (Å²) in [6.45, 7) is 5.81. The monoisotopic (exact) mass is 330 g/mol. The van der Waals surface area contributed by atoms with Gasteiger partial charge in [0.15, 0.2) is 0 Å². The lowest BCUT2D eigenvalue weighted by atomic mass is 9.87. The molecule has 2 aliphatic carbocycles. The van der Waals surface area contributed by atoms with Crippen LogP contribution < -0.4 is 0 Å². The van der Waals surface area contributed by atoms with Gasteiger partial charge in [-0.05, 0) is 40.0 Å². The fourth-order valence-corrected chi connectivity index (χ4v) is 4.24. The molecule has 1 heterocycles. The summed E-state index contributed by atoms with van der Waals surface area (Å²) in [5, 5.41) is 3.57. The van der Waals surface area contributed by atoms with Crippen molar-refractivity contribution in [3.05, 3.63) is 23.8 Å². The normalized spacial score (nSPS) is 28.0. The number of nitrogens with zero attached hydrogens (tertiary/aromatic N) is 2. The van der Waals surface area contributed by atoms with Gasteiger partial charge in [-0.2, -0.15) is 0 Å². The number of amides is 2. The first-order chi connectivity index (χ1) is 11.4. The molecule has 1 aliphatic heterocycles. The lowest BCUT2D eigenvalue weighted by molar-refractivity contribution is -0.228. The van der Waals surface area contributed by atoms with Crippen LogP contribution >= 0.6 is 0 Å². The van der Waals surface area contributed by atoms with Gasteiger partial charge in [-0.1, -0.05) is 55.9 Å². The molecule has 1 unspecified atom stereocenters. The zero-order valence-electron chi connectivity index (χ0n) is 15.3. The minimum absolute atomic E-state index is 0.0744. The van der Waals surface area contributed by atoms with Crippen molar-refractivity contribution in [1.29, 1.82) is 0 Å². The average molecular weight is 330 g/mol. The second-order valence-electron chi connectivity index (χ2n) is 8.07. The van der Waals surface area contributed by atoms with Gasteiger partial charge < -0.3 is 0 Å². The Balaban J connectivity index is 1.78. The number of carbonyl (C=O) groups excluding carboxylic acids is 2. The Morgan fingerprint density at radius 2 is 1.75 bits per heavy atom. The molecule has 3 aliphatic rings. The summed E-state index contributed by atoms with van der Waals surface area (Å²) in [7, 11) is 0. The number of hydrogen-bond acceptors (Lipinski definition) is 2. The van der Waals surface area contributed by atoms with Gasteiger partial charge >= 0.3 is 0 Å². The summed E-state index contributed by atoms with van der Waals surface area (Å²) in [5.41, 5.74) is 0.514. The highest BCUT2D eigenvalue weighted by Gasteiger charge is 2.57. The molecule has 0 aromatic rings. The first-order valence-electron chi connectivity index (χ1n) is 9.44. The Kier molecular flexibility index (Phi) is 4.84. The maximum absolute atomic E-state index is 13.1. The Labute approximate surface area is 145 Å². The van der Waals surface area contributed by atoms with Gasteiger partial charge in [-0.3, -0.25) is 9.59 Å². The second-order valence-corrected chi connectivity index (χ2v) is 8.07. The highest BCUT2D eigenvalue weighted by atomic mass is 16.2. The van der Waals surface area contributed by atoms with E-state index in [0.717, 1.165) is 32.1 Å². The maximum atomic E-state index is 13.1. The van der Waals surface area contributed by atoms with Crippen LogP contribution in [0.3, 0.4) is 0 Å². The smallest absolute Gasteiger partial charge is 0.268 e. The molecule has 0 N–H and O–H groups in total. The molecule has 1 atom stereocenters. The van der Waals surface area contributed by atoms with E-state index in [4.69, 9.17) is 0 Å². The first-order valence-corrected chi connectivity index (χ1v) is 9.44. The van der Waals surface area contributed by atoms with Crippen LogP contribution in [0.5, 0.6) is 0 Å². The molecule has 2 amide bonds. The highest BCUT2D eigenvalue weighted by Crippen LogP contribution is 2.39. The zero-order chi connectivity index (χ0) is 17.3. The minimum Gasteiger partial charge on any atom is -0.272 e. The molecule has 0 bridgehead atoms. The van der Waals surface area contributed by atoms with E-state index in [1.807, 2.05) is 26.0 Å². The van der Waals surface area contributed by atoms with Crippen molar-refractivity contribution in [2.75, 3.05) is 0 Å². The van der Waals surface area contributed by atoms with Crippen molar-refractivity contribution < 1.29 is 9.59 Å². The summed E-state index contributed by atoms with van der Waals surface area (Å²) in [6, 6.07) is 0.194. The van der Waals surface area contributed by atoms with Crippen LogP contribution in [0.4, 0.5) is 0 Å². The standard InChI is InChI=1S/C20H30N2O2/c1-15-10-9-11-16(14-15)18(23)22-20(2,3)19(24)21(22)17-12-7-5-4-6-8-13-17/h9-11,16-17H,4-8,12-14H2,1-3H3. The zero-order valence-corrected chi connectivity index (χ0v) is 15.3. The van der Waals surface area contributed by atoms with Gasteiger partial charge in [0.2, 0.25) is 5.91 Å². The third-order valence-corrected chi connectivity index (χ3v) is 5.69.